The summed E-state index contributed by atoms with van der Waals surface area (Å²) in [7, 11) is 0. The van der Waals surface area contributed by atoms with Crippen molar-refractivity contribution >= 4 is 16.9 Å². The number of hydrogen-bond donors (Lipinski definition) is 1. The maximum atomic E-state index is 13.9. The lowest BCUT2D eigenvalue weighted by molar-refractivity contribution is 0.0472. The van der Waals surface area contributed by atoms with Gasteiger partial charge in [0.15, 0.2) is 0 Å². The minimum atomic E-state index is -0.327. The van der Waals surface area contributed by atoms with E-state index in [1.54, 1.807) is 0 Å². The van der Waals surface area contributed by atoms with Crippen molar-refractivity contribution in [2.24, 2.45) is 0 Å². The molecule has 1 N–H and O–H groups in total. The number of hydrogen-bond acceptors (Lipinski definition) is 3. The first-order valence-corrected chi connectivity index (χ1v) is 12.5. The van der Waals surface area contributed by atoms with Gasteiger partial charge >= 0.3 is 5.97 Å². The lowest BCUT2D eigenvalue weighted by Crippen LogP contribution is -2.15. The summed E-state index contributed by atoms with van der Waals surface area (Å²) in [5.74, 6) is -0.365. The molecule has 1 atom stereocenters. The van der Waals surface area contributed by atoms with E-state index in [0.29, 0.717) is 11.1 Å². The van der Waals surface area contributed by atoms with Crippen molar-refractivity contribution in [3.05, 3.63) is 131 Å². The topological polar surface area (TPSA) is 65.9 Å². The van der Waals surface area contributed by atoms with E-state index >= 15 is 0 Å². The van der Waals surface area contributed by atoms with Gasteiger partial charge in [-0.1, -0.05) is 85.8 Å². The van der Waals surface area contributed by atoms with E-state index in [9.17, 15) is 10.1 Å². The molecule has 0 bridgehead atoms. The Kier molecular flexibility index (Phi) is 6.87. The number of H-pyrrole nitrogens is 1. The van der Waals surface area contributed by atoms with E-state index in [1.165, 1.54) is 0 Å². The lowest BCUT2D eigenvalue weighted by atomic mass is 9.80. The number of nitriles is 1. The first-order valence-electron chi connectivity index (χ1n) is 12.5. The minimum Gasteiger partial charge on any atom is -0.457 e. The molecule has 4 heteroatoms. The SMILES string of the molecule is CCC(c1c(C)ccc(-c2ccccc2)c1C(=O)OCc1ccccc1)c1c[nH]c2cc(C#N)ccc12. The summed E-state index contributed by atoms with van der Waals surface area (Å²) in [6.45, 7) is 4.41. The number of aromatic amines is 1. The normalized spacial score (nSPS) is 11.7. The highest BCUT2D eigenvalue weighted by Crippen LogP contribution is 2.40. The van der Waals surface area contributed by atoms with E-state index in [4.69, 9.17) is 4.74 Å². The average molecular weight is 485 g/mol. The summed E-state index contributed by atoms with van der Waals surface area (Å²) in [6.07, 6.45) is 2.80. The van der Waals surface area contributed by atoms with Crippen LogP contribution in [0.2, 0.25) is 0 Å². The zero-order chi connectivity index (χ0) is 25.8. The van der Waals surface area contributed by atoms with Crippen LogP contribution in [0.15, 0.2) is 97.2 Å². The van der Waals surface area contributed by atoms with Gasteiger partial charge < -0.3 is 9.72 Å². The van der Waals surface area contributed by atoms with Crippen molar-refractivity contribution in [3.8, 4) is 17.2 Å². The number of nitrogens with zero attached hydrogens (tertiary/aromatic N) is 1. The Labute approximate surface area is 217 Å². The van der Waals surface area contributed by atoms with Crippen molar-refractivity contribution < 1.29 is 9.53 Å². The third-order valence-corrected chi connectivity index (χ3v) is 6.94. The van der Waals surface area contributed by atoms with Gasteiger partial charge in [-0.15, -0.1) is 0 Å². The molecule has 4 aromatic carbocycles. The number of nitrogens with one attached hydrogen (secondary N) is 1. The number of carbonyl (C=O) groups is 1. The minimum absolute atomic E-state index is 0.0374. The molecule has 0 saturated heterocycles. The monoisotopic (exact) mass is 484 g/mol. The quantitative estimate of drug-likeness (QED) is 0.239. The highest BCUT2D eigenvalue weighted by Gasteiger charge is 2.28. The fourth-order valence-corrected chi connectivity index (χ4v) is 5.13. The smallest absolute Gasteiger partial charge is 0.339 e. The largest absolute Gasteiger partial charge is 0.457 e. The average Bonchev–Trinajstić information content (AvgIpc) is 3.37. The second-order valence-electron chi connectivity index (χ2n) is 9.22. The molecule has 0 saturated carbocycles. The Hall–Kier alpha value is -4.62. The summed E-state index contributed by atoms with van der Waals surface area (Å²) in [5.41, 5.74) is 8.05. The van der Waals surface area contributed by atoms with Crippen LogP contribution < -0.4 is 0 Å². The Morgan fingerprint density at radius 3 is 2.41 bits per heavy atom. The Morgan fingerprint density at radius 1 is 0.973 bits per heavy atom. The molecule has 37 heavy (non-hydrogen) atoms. The van der Waals surface area contributed by atoms with Crippen molar-refractivity contribution in [1.82, 2.24) is 4.98 Å². The van der Waals surface area contributed by atoms with Gasteiger partial charge in [-0.05, 0) is 58.9 Å². The zero-order valence-corrected chi connectivity index (χ0v) is 21.0. The highest BCUT2D eigenvalue weighted by molar-refractivity contribution is 6.00. The van der Waals surface area contributed by atoms with E-state index < -0.39 is 0 Å². The number of esters is 1. The number of carbonyl (C=O) groups excluding carboxylic acids is 1. The summed E-state index contributed by atoms with van der Waals surface area (Å²) in [5, 5.41) is 10.4. The van der Waals surface area contributed by atoms with E-state index in [2.05, 4.69) is 31.0 Å². The summed E-state index contributed by atoms with van der Waals surface area (Å²) in [4.78, 5) is 17.2. The molecule has 1 heterocycles. The first-order chi connectivity index (χ1) is 18.1. The highest BCUT2D eigenvalue weighted by atomic mass is 16.5. The van der Waals surface area contributed by atoms with Crippen molar-refractivity contribution in [2.75, 3.05) is 0 Å². The van der Waals surface area contributed by atoms with Gasteiger partial charge in [-0.2, -0.15) is 5.26 Å². The first kappa shape index (κ1) is 24.1. The molecule has 0 aliphatic heterocycles. The van der Waals surface area contributed by atoms with Gasteiger partial charge in [0.2, 0.25) is 0 Å². The molecule has 1 aromatic heterocycles. The van der Waals surface area contributed by atoms with Crippen LogP contribution in [-0.4, -0.2) is 11.0 Å². The Balaban J connectivity index is 1.66. The van der Waals surface area contributed by atoms with Crippen LogP contribution in [-0.2, 0) is 11.3 Å². The summed E-state index contributed by atoms with van der Waals surface area (Å²) in [6, 6.07) is 31.8. The molecule has 182 valence electrons. The molecule has 5 aromatic rings. The van der Waals surface area contributed by atoms with Gasteiger partial charge in [0.1, 0.15) is 6.61 Å². The standard InChI is InChI=1S/C33H28N2O2/c1-3-26(29-20-35-30-18-24(19-34)15-17-28(29)30)31-22(2)14-16-27(25-12-8-5-9-13-25)32(31)33(36)37-21-23-10-6-4-7-11-23/h4-18,20,26,35H,3,21H2,1-2H3. The number of aromatic nitrogens is 1. The van der Waals surface area contributed by atoms with E-state index in [1.807, 2.05) is 91.1 Å². The zero-order valence-electron chi connectivity index (χ0n) is 21.0. The van der Waals surface area contributed by atoms with Crippen LogP contribution in [0.5, 0.6) is 0 Å². The molecule has 0 fully saturated rings. The number of aryl methyl sites for hydroxylation is 1. The van der Waals surface area contributed by atoms with Gasteiger partial charge in [0.05, 0.1) is 17.2 Å². The number of fused-ring (bicyclic) bond motifs is 1. The van der Waals surface area contributed by atoms with E-state index in [-0.39, 0.29) is 18.5 Å². The molecular formula is C33H28N2O2. The molecule has 0 aliphatic carbocycles. The molecule has 0 aliphatic rings. The van der Waals surface area contributed by atoms with Crippen molar-refractivity contribution in [1.29, 1.82) is 5.26 Å². The van der Waals surface area contributed by atoms with Gasteiger partial charge in [-0.25, -0.2) is 4.79 Å². The predicted octanol–water partition coefficient (Wildman–Crippen LogP) is 7.91. The van der Waals surface area contributed by atoms with Crippen LogP contribution in [0.1, 0.15) is 57.4 Å². The molecular weight excluding hydrogens is 456 g/mol. The summed E-state index contributed by atoms with van der Waals surface area (Å²) < 4.78 is 5.92. The third-order valence-electron chi connectivity index (χ3n) is 6.94. The maximum Gasteiger partial charge on any atom is 0.339 e. The molecule has 1 unspecified atom stereocenters. The summed E-state index contributed by atoms with van der Waals surface area (Å²) >= 11 is 0. The second kappa shape index (κ2) is 10.6. The van der Waals surface area contributed by atoms with Crippen LogP contribution in [0, 0.1) is 18.3 Å². The van der Waals surface area contributed by atoms with Crippen LogP contribution in [0.3, 0.4) is 0 Å². The third kappa shape index (κ3) is 4.77. The predicted molar refractivity (Wildman–Crippen MR) is 147 cm³/mol. The fourth-order valence-electron chi connectivity index (χ4n) is 5.13. The molecule has 0 spiro atoms. The lowest BCUT2D eigenvalue weighted by Gasteiger charge is -2.23. The van der Waals surface area contributed by atoms with Crippen molar-refractivity contribution in [2.45, 2.75) is 32.8 Å². The molecule has 0 amide bonds. The van der Waals surface area contributed by atoms with E-state index in [0.717, 1.165) is 50.7 Å². The fraction of sp³-hybridized carbons (Fsp3) is 0.152. The van der Waals surface area contributed by atoms with Gasteiger partial charge in [-0.3, -0.25) is 0 Å². The van der Waals surface area contributed by atoms with Crippen LogP contribution >= 0.6 is 0 Å². The molecule has 5 rings (SSSR count). The van der Waals surface area contributed by atoms with Gasteiger partial charge in [0.25, 0.3) is 0 Å². The number of benzene rings is 4. The molecule has 0 radical (unpaired) electrons. The van der Waals surface area contributed by atoms with Crippen LogP contribution in [0.25, 0.3) is 22.0 Å². The Bertz CT molecular complexity index is 1590. The van der Waals surface area contributed by atoms with Crippen molar-refractivity contribution in [3.63, 3.8) is 0 Å². The van der Waals surface area contributed by atoms with Crippen LogP contribution in [0.4, 0.5) is 0 Å². The number of ether oxygens (including phenoxy) is 1. The Morgan fingerprint density at radius 2 is 1.70 bits per heavy atom. The van der Waals surface area contributed by atoms with Gasteiger partial charge in [0, 0.05) is 23.0 Å². The number of rotatable bonds is 7. The second-order valence-corrected chi connectivity index (χ2v) is 9.22. The molecule has 4 nitrogen and oxygen atoms in total. The maximum absolute atomic E-state index is 13.9.